The van der Waals surface area contributed by atoms with Crippen LogP contribution in [-0.4, -0.2) is 25.4 Å². The Morgan fingerprint density at radius 2 is 2.27 bits per heavy atom. The van der Waals surface area contributed by atoms with Crippen molar-refractivity contribution in [1.29, 1.82) is 0 Å². The summed E-state index contributed by atoms with van der Waals surface area (Å²) in [6, 6.07) is 10.0. The average molecular weight is 326 g/mol. The lowest BCUT2D eigenvalue weighted by molar-refractivity contribution is 0.359. The number of hydrogen-bond acceptors (Lipinski definition) is 4. The molecule has 3 nitrogen and oxygen atoms in total. The fraction of sp³-hybridized carbons (Fsp3) is 0.222. The summed E-state index contributed by atoms with van der Waals surface area (Å²) in [6.07, 6.45) is 0. The highest BCUT2D eigenvalue weighted by atomic mass is 32.2. The normalized spacial score (nSPS) is 19.6. The lowest BCUT2D eigenvalue weighted by Crippen LogP contribution is -2.11. The number of para-hydroxylation sites is 1. The number of anilines is 1. The van der Waals surface area contributed by atoms with Crippen LogP contribution in [0.3, 0.4) is 0 Å². The van der Waals surface area contributed by atoms with E-state index in [1.54, 1.807) is 24.3 Å². The summed E-state index contributed by atoms with van der Waals surface area (Å²) in [5.74, 6) is -0.137. The van der Waals surface area contributed by atoms with Gasteiger partial charge in [-0.1, -0.05) is 36.5 Å². The van der Waals surface area contributed by atoms with E-state index in [9.17, 15) is 0 Å². The summed E-state index contributed by atoms with van der Waals surface area (Å²) in [4.78, 5) is 1.46. The summed E-state index contributed by atoms with van der Waals surface area (Å²) in [6.45, 7) is -10.3. The van der Waals surface area contributed by atoms with Gasteiger partial charge in [-0.05, 0) is 49.8 Å². The molecule has 0 atom stereocenters. The minimum atomic E-state index is -2.95. The molecule has 116 valence electrons. The van der Waals surface area contributed by atoms with E-state index >= 15 is 0 Å². The van der Waals surface area contributed by atoms with Crippen LogP contribution >= 0.6 is 11.8 Å². The predicted octanol–water partition coefficient (Wildman–Crippen LogP) is 4.05. The number of hydrogen-bond donors (Lipinski definition) is 1. The summed E-state index contributed by atoms with van der Waals surface area (Å²) < 4.78 is 88.4. The Kier molecular flexibility index (Phi) is 2.56. The summed E-state index contributed by atoms with van der Waals surface area (Å²) in [5.41, 5.74) is 6.65. The SMILES string of the molecule is [2H]C([2H])=C([2H])C([2H])([2H])Oc1ccc(Sc2ccccc2N)c(CN(C([2H])([2H])[2H])C([2H])([2H])[2H])c1. The molecule has 0 aromatic heterocycles. The summed E-state index contributed by atoms with van der Waals surface area (Å²) in [5, 5.41) is 0. The highest BCUT2D eigenvalue weighted by Crippen LogP contribution is 2.35. The molecular weight excluding hydrogens is 292 g/mol. The number of rotatable bonds is 7. The number of benzene rings is 2. The molecule has 0 aliphatic heterocycles. The topological polar surface area (TPSA) is 38.5 Å². The molecule has 2 aromatic rings. The first-order valence-electron chi connectivity index (χ1n) is 11.8. The van der Waals surface area contributed by atoms with Gasteiger partial charge in [0.25, 0.3) is 0 Å². The van der Waals surface area contributed by atoms with Crippen LogP contribution in [0.4, 0.5) is 5.69 Å². The Labute approximate surface area is 152 Å². The van der Waals surface area contributed by atoms with Crippen molar-refractivity contribution in [1.82, 2.24) is 4.90 Å². The van der Waals surface area contributed by atoms with Gasteiger partial charge in [0.1, 0.15) is 12.3 Å². The van der Waals surface area contributed by atoms with Crippen LogP contribution in [0, 0.1) is 0 Å². The molecule has 4 heteroatoms. The molecule has 0 aliphatic rings. The third-order valence-electron chi connectivity index (χ3n) is 2.72. The van der Waals surface area contributed by atoms with Gasteiger partial charge in [0.05, 0.1) is 6.85 Å². The quantitative estimate of drug-likeness (QED) is 0.616. The van der Waals surface area contributed by atoms with Gasteiger partial charge in [0.15, 0.2) is 0 Å². The second kappa shape index (κ2) is 7.92. The highest BCUT2D eigenvalue weighted by Gasteiger charge is 2.09. The van der Waals surface area contributed by atoms with E-state index in [0.29, 0.717) is 20.4 Å². The third kappa shape index (κ3) is 4.55. The Hall–Kier alpha value is -1.91. The molecule has 2 N–H and O–H groups in total. The standard InChI is InChI=1S/C18H22N2OS/c1-4-11-21-15-9-10-17(14(12-15)13-20(2)3)22-18-8-6-5-7-16(18)19/h4-10,12H,1,11,13,19H2,2-3H3/i1D2,2D3,3D3,4D,11D2. The van der Waals surface area contributed by atoms with Crippen molar-refractivity contribution < 1.29 is 19.8 Å². The maximum atomic E-state index is 7.82. The summed E-state index contributed by atoms with van der Waals surface area (Å²) in [7, 11) is 0. The maximum Gasteiger partial charge on any atom is 0.120 e. The van der Waals surface area contributed by atoms with E-state index in [2.05, 4.69) is 0 Å². The Balaban J connectivity index is 2.54. The molecule has 0 spiro atoms. The van der Waals surface area contributed by atoms with Crippen LogP contribution in [0.1, 0.15) is 20.6 Å². The lowest BCUT2D eigenvalue weighted by atomic mass is 10.2. The maximum absolute atomic E-state index is 7.82. The lowest BCUT2D eigenvalue weighted by Gasteiger charge is -2.16. The zero-order chi connectivity index (χ0) is 25.2. The molecule has 0 heterocycles. The minimum Gasteiger partial charge on any atom is -0.490 e. The van der Waals surface area contributed by atoms with E-state index in [-0.39, 0.29) is 11.3 Å². The van der Waals surface area contributed by atoms with Gasteiger partial charge in [0.2, 0.25) is 0 Å². The van der Waals surface area contributed by atoms with E-state index in [4.69, 9.17) is 25.5 Å². The first kappa shape index (κ1) is 7.11. The predicted molar refractivity (Wildman–Crippen MR) is 94.5 cm³/mol. The van der Waals surface area contributed by atoms with Crippen LogP contribution in [0.2, 0.25) is 0 Å². The van der Waals surface area contributed by atoms with E-state index < -0.39 is 39.6 Å². The number of nitrogens with two attached hydrogens (primary N) is 1. The Morgan fingerprint density at radius 1 is 1.41 bits per heavy atom. The molecule has 2 rings (SSSR count). The second-order valence-corrected chi connectivity index (χ2v) is 5.41. The van der Waals surface area contributed by atoms with Crippen molar-refractivity contribution in [3.05, 3.63) is 60.6 Å². The highest BCUT2D eigenvalue weighted by molar-refractivity contribution is 7.99. The molecule has 22 heavy (non-hydrogen) atoms. The first-order valence-corrected chi connectivity index (χ1v) is 7.10. The minimum absolute atomic E-state index is 0.137. The average Bonchev–Trinajstić information content (AvgIpc) is 2.66. The number of ether oxygens (including phenoxy) is 1. The number of nitrogens with zero attached hydrogens (tertiary/aromatic N) is 1. The fourth-order valence-corrected chi connectivity index (χ4v) is 2.75. The second-order valence-electron chi connectivity index (χ2n) is 4.32. The zero-order valence-electron chi connectivity index (χ0n) is 22.6. The van der Waals surface area contributed by atoms with Crippen molar-refractivity contribution in [2.75, 3.05) is 26.2 Å². The molecule has 0 saturated carbocycles. The molecular formula is C18H22N2OS. The van der Waals surface area contributed by atoms with Crippen molar-refractivity contribution in [2.45, 2.75) is 16.3 Å². The monoisotopic (exact) mass is 325 g/mol. The van der Waals surface area contributed by atoms with E-state index in [1.165, 1.54) is 30.0 Å². The smallest absolute Gasteiger partial charge is 0.120 e. The van der Waals surface area contributed by atoms with Crippen LogP contribution in [0.5, 0.6) is 5.75 Å². The molecule has 0 amide bonds. The van der Waals surface area contributed by atoms with Crippen molar-refractivity contribution in [3.8, 4) is 5.75 Å². The molecule has 0 fully saturated rings. The van der Waals surface area contributed by atoms with Gasteiger partial charge in [-0.3, -0.25) is 0 Å². The summed E-state index contributed by atoms with van der Waals surface area (Å²) >= 11 is 1.17. The largest absolute Gasteiger partial charge is 0.490 e. The molecule has 0 aliphatic carbocycles. The van der Waals surface area contributed by atoms with Crippen molar-refractivity contribution in [3.63, 3.8) is 0 Å². The fourth-order valence-electron chi connectivity index (χ4n) is 1.79. The van der Waals surface area contributed by atoms with Crippen LogP contribution < -0.4 is 10.5 Å². The Bertz CT molecular complexity index is 1000. The molecule has 0 unspecified atom stereocenters. The molecule has 0 bridgehead atoms. The van der Waals surface area contributed by atoms with Gasteiger partial charge in [0, 0.05) is 30.2 Å². The van der Waals surface area contributed by atoms with Gasteiger partial charge in [-0.2, -0.15) is 0 Å². The van der Waals surface area contributed by atoms with Crippen molar-refractivity contribution >= 4 is 17.4 Å². The third-order valence-corrected chi connectivity index (χ3v) is 3.93. The van der Waals surface area contributed by atoms with Gasteiger partial charge in [-0.25, -0.2) is 0 Å². The van der Waals surface area contributed by atoms with Crippen LogP contribution in [0.15, 0.2) is 64.8 Å². The van der Waals surface area contributed by atoms with Gasteiger partial charge >= 0.3 is 0 Å². The van der Waals surface area contributed by atoms with Crippen molar-refractivity contribution in [2.24, 2.45) is 0 Å². The van der Waals surface area contributed by atoms with Gasteiger partial charge < -0.3 is 15.4 Å². The zero-order valence-corrected chi connectivity index (χ0v) is 12.4. The van der Waals surface area contributed by atoms with Crippen LogP contribution in [-0.2, 0) is 6.54 Å². The first-order chi connectivity index (χ1) is 15.0. The van der Waals surface area contributed by atoms with Crippen LogP contribution in [0.25, 0.3) is 0 Å². The molecule has 0 saturated heterocycles. The number of nitrogen functional groups attached to an aromatic ring is 1. The van der Waals surface area contributed by atoms with Gasteiger partial charge in [-0.15, -0.1) is 0 Å². The molecule has 2 aromatic carbocycles. The van der Waals surface area contributed by atoms with E-state index in [0.717, 1.165) is 0 Å². The van der Waals surface area contributed by atoms with E-state index in [1.807, 2.05) is 0 Å². The Morgan fingerprint density at radius 3 is 3.05 bits per heavy atom. The molecule has 0 radical (unpaired) electrons.